The third kappa shape index (κ3) is 3.46. The van der Waals surface area contributed by atoms with Gasteiger partial charge >= 0.3 is 6.09 Å². The molecule has 2 aliphatic rings. The molecule has 0 spiro atoms. The summed E-state index contributed by atoms with van der Waals surface area (Å²) < 4.78 is 5.57. The van der Waals surface area contributed by atoms with E-state index in [0.29, 0.717) is 19.5 Å². The van der Waals surface area contributed by atoms with Crippen molar-refractivity contribution in [1.29, 1.82) is 0 Å². The van der Waals surface area contributed by atoms with Gasteiger partial charge < -0.3 is 10.1 Å². The largest absolute Gasteiger partial charge is 0.444 e. The second kappa shape index (κ2) is 6.55. The Morgan fingerprint density at radius 2 is 2.08 bits per heavy atom. The second-order valence-electron chi connectivity index (χ2n) is 7.55. The number of nitrogens with one attached hydrogen (secondary N) is 1. The first-order valence-corrected chi connectivity index (χ1v) is 8.72. The highest BCUT2D eigenvalue weighted by Crippen LogP contribution is 2.32. The number of rotatable bonds is 1. The molecular formula is C19H26N2O3. The van der Waals surface area contributed by atoms with Crippen LogP contribution in [0.15, 0.2) is 18.2 Å². The van der Waals surface area contributed by atoms with Crippen molar-refractivity contribution in [3.63, 3.8) is 0 Å². The number of Topliss-reactive ketones (excluding diaryl/α,β-unsaturated/α-hetero) is 1. The summed E-state index contributed by atoms with van der Waals surface area (Å²) in [6.45, 7) is 7.57. The van der Waals surface area contributed by atoms with E-state index >= 15 is 0 Å². The zero-order valence-electron chi connectivity index (χ0n) is 14.7. The topological polar surface area (TPSA) is 58.6 Å². The summed E-state index contributed by atoms with van der Waals surface area (Å²) in [5.74, 6) is 0.196. The Labute approximate surface area is 143 Å². The number of aryl methyl sites for hydroxylation is 1. The number of carbonyl (C=O) groups excluding carboxylic acids is 2. The van der Waals surface area contributed by atoms with Crippen LogP contribution in [0.4, 0.5) is 4.79 Å². The van der Waals surface area contributed by atoms with Crippen LogP contribution in [0.3, 0.4) is 0 Å². The fourth-order valence-electron chi connectivity index (χ4n) is 3.53. The van der Waals surface area contributed by atoms with Gasteiger partial charge in [0.15, 0.2) is 5.78 Å². The van der Waals surface area contributed by atoms with Gasteiger partial charge in [0.25, 0.3) is 0 Å². The molecule has 1 aromatic carbocycles. The maximum Gasteiger partial charge on any atom is 0.410 e. The van der Waals surface area contributed by atoms with Crippen LogP contribution in [0.2, 0.25) is 0 Å². The smallest absolute Gasteiger partial charge is 0.410 e. The van der Waals surface area contributed by atoms with Crippen molar-refractivity contribution in [2.75, 3.05) is 19.6 Å². The molecule has 130 valence electrons. The molecule has 1 saturated heterocycles. The van der Waals surface area contributed by atoms with Gasteiger partial charge in [-0.15, -0.1) is 0 Å². The molecule has 1 unspecified atom stereocenters. The van der Waals surface area contributed by atoms with Crippen molar-refractivity contribution in [3.05, 3.63) is 34.9 Å². The number of hydrogen-bond acceptors (Lipinski definition) is 4. The van der Waals surface area contributed by atoms with Crippen LogP contribution < -0.4 is 5.32 Å². The molecule has 1 fully saturated rings. The lowest BCUT2D eigenvalue weighted by molar-refractivity contribution is 0.0116. The number of ether oxygens (including phenoxy) is 1. The fourth-order valence-corrected chi connectivity index (χ4v) is 3.53. The highest BCUT2D eigenvalue weighted by Gasteiger charge is 2.34. The van der Waals surface area contributed by atoms with Gasteiger partial charge in [-0.1, -0.05) is 18.2 Å². The van der Waals surface area contributed by atoms with Gasteiger partial charge in [0.05, 0.1) is 6.04 Å². The third-order valence-corrected chi connectivity index (χ3v) is 4.54. The summed E-state index contributed by atoms with van der Waals surface area (Å²) in [7, 11) is 0. The van der Waals surface area contributed by atoms with Crippen LogP contribution in [-0.4, -0.2) is 42.0 Å². The Morgan fingerprint density at radius 1 is 1.29 bits per heavy atom. The first kappa shape index (κ1) is 17.0. The second-order valence-corrected chi connectivity index (χ2v) is 7.55. The maximum absolute atomic E-state index is 12.6. The Morgan fingerprint density at radius 3 is 2.83 bits per heavy atom. The molecule has 0 aromatic heterocycles. The van der Waals surface area contributed by atoms with E-state index in [-0.39, 0.29) is 17.9 Å². The third-order valence-electron chi connectivity index (χ3n) is 4.54. The number of hydrogen-bond donors (Lipinski definition) is 1. The minimum Gasteiger partial charge on any atom is -0.444 e. The number of carbonyl (C=O) groups is 2. The lowest BCUT2D eigenvalue weighted by Crippen LogP contribution is -2.50. The maximum atomic E-state index is 12.6. The summed E-state index contributed by atoms with van der Waals surface area (Å²) in [6.07, 6.45) is 2.13. The van der Waals surface area contributed by atoms with E-state index in [1.807, 2.05) is 39.0 Å². The van der Waals surface area contributed by atoms with E-state index < -0.39 is 5.60 Å². The molecule has 1 atom stereocenters. The molecule has 1 heterocycles. The Balaban J connectivity index is 1.94. The van der Waals surface area contributed by atoms with Crippen LogP contribution in [0.25, 0.3) is 0 Å². The monoisotopic (exact) mass is 330 g/mol. The Kier molecular flexibility index (Phi) is 4.63. The number of fused-ring (bicyclic) bond motifs is 1. The number of nitrogens with zero attached hydrogens (tertiary/aromatic N) is 1. The van der Waals surface area contributed by atoms with Crippen molar-refractivity contribution in [3.8, 4) is 0 Å². The first-order chi connectivity index (χ1) is 11.4. The Bertz CT molecular complexity index is 649. The summed E-state index contributed by atoms with van der Waals surface area (Å²) in [5.41, 5.74) is 2.36. The predicted molar refractivity (Wildman–Crippen MR) is 92.3 cm³/mol. The lowest BCUT2D eigenvalue weighted by Gasteiger charge is -2.38. The van der Waals surface area contributed by atoms with Crippen LogP contribution >= 0.6 is 0 Å². The summed E-state index contributed by atoms with van der Waals surface area (Å²) in [4.78, 5) is 26.9. The van der Waals surface area contributed by atoms with E-state index in [4.69, 9.17) is 4.74 Å². The van der Waals surface area contributed by atoms with Gasteiger partial charge in [-0.25, -0.2) is 4.79 Å². The van der Waals surface area contributed by atoms with E-state index in [0.717, 1.165) is 36.1 Å². The summed E-state index contributed by atoms with van der Waals surface area (Å²) in [5, 5.41) is 3.34. The summed E-state index contributed by atoms with van der Waals surface area (Å²) >= 11 is 0. The average molecular weight is 330 g/mol. The molecule has 1 aliphatic heterocycles. The Hall–Kier alpha value is -1.88. The highest BCUT2D eigenvalue weighted by atomic mass is 16.6. The molecular weight excluding hydrogens is 304 g/mol. The molecule has 5 heteroatoms. The molecule has 1 amide bonds. The molecule has 1 aromatic rings. The van der Waals surface area contributed by atoms with Crippen molar-refractivity contribution >= 4 is 11.9 Å². The van der Waals surface area contributed by atoms with Gasteiger partial charge in [-0.05, 0) is 44.7 Å². The SMILES string of the molecule is CC(C)(C)OC(=O)N1CCNCC1c1cccc2c1C(=O)CCC2. The van der Waals surface area contributed by atoms with Gasteiger partial charge in [-0.2, -0.15) is 0 Å². The molecule has 5 nitrogen and oxygen atoms in total. The van der Waals surface area contributed by atoms with Gasteiger partial charge in [0.2, 0.25) is 0 Å². The lowest BCUT2D eigenvalue weighted by atomic mass is 9.84. The fraction of sp³-hybridized carbons (Fsp3) is 0.579. The number of piperazine rings is 1. The van der Waals surface area contributed by atoms with Crippen LogP contribution in [-0.2, 0) is 11.2 Å². The van der Waals surface area contributed by atoms with Crippen LogP contribution in [0, 0.1) is 0 Å². The average Bonchev–Trinajstić information content (AvgIpc) is 2.53. The van der Waals surface area contributed by atoms with Gasteiger partial charge in [-0.3, -0.25) is 9.69 Å². The van der Waals surface area contributed by atoms with E-state index in [1.54, 1.807) is 4.90 Å². The van der Waals surface area contributed by atoms with Crippen molar-refractivity contribution in [1.82, 2.24) is 10.2 Å². The van der Waals surface area contributed by atoms with E-state index in [9.17, 15) is 9.59 Å². The first-order valence-electron chi connectivity index (χ1n) is 8.72. The van der Waals surface area contributed by atoms with Crippen LogP contribution in [0.1, 0.15) is 61.1 Å². The van der Waals surface area contributed by atoms with E-state index in [2.05, 4.69) is 5.32 Å². The molecule has 1 aliphatic carbocycles. The summed E-state index contributed by atoms with van der Waals surface area (Å²) in [6, 6.07) is 5.85. The van der Waals surface area contributed by atoms with Gasteiger partial charge in [0.1, 0.15) is 5.60 Å². The molecule has 0 bridgehead atoms. The molecule has 1 N–H and O–H groups in total. The molecule has 24 heavy (non-hydrogen) atoms. The minimum absolute atomic E-state index is 0.161. The number of amides is 1. The van der Waals surface area contributed by atoms with E-state index in [1.165, 1.54) is 0 Å². The highest BCUT2D eigenvalue weighted by molar-refractivity contribution is 6.00. The number of ketones is 1. The minimum atomic E-state index is -0.529. The van der Waals surface area contributed by atoms with Crippen molar-refractivity contribution < 1.29 is 14.3 Å². The zero-order valence-corrected chi connectivity index (χ0v) is 14.7. The number of benzene rings is 1. The molecule has 0 saturated carbocycles. The molecule has 0 radical (unpaired) electrons. The van der Waals surface area contributed by atoms with Gasteiger partial charge in [0, 0.05) is 31.6 Å². The normalized spacial score (nSPS) is 21.4. The zero-order chi connectivity index (χ0) is 17.3. The van der Waals surface area contributed by atoms with Crippen molar-refractivity contribution in [2.45, 2.75) is 51.7 Å². The molecule has 3 rings (SSSR count). The predicted octanol–water partition coefficient (Wildman–Crippen LogP) is 3.09. The van der Waals surface area contributed by atoms with Crippen LogP contribution in [0.5, 0.6) is 0 Å². The standard InChI is InChI=1S/C19H26N2O3/c1-19(2,3)24-18(23)21-11-10-20-12-15(21)14-8-4-6-13-7-5-9-16(22)17(13)14/h4,6,8,15,20H,5,7,9-12H2,1-3H3. The van der Waals surface area contributed by atoms with Crippen molar-refractivity contribution in [2.24, 2.45) is 0 Å². The quantitative estimate of drug-likeness (QED) is 0.860.